The number of hydrogen-bond donors (Lipinski definition) is 1. The van der Waals surface area contributed by atoms with Crippen LogP contribution in [0.1, 0.15) is 12.5 Å². The number of hydrogen-bond acceptors (Lipinski definition) is 3. The van der Waals surface area contributed by atoms with E-state index in [1.807, 2.05) is 49.0 Å². The van der Waals surface area contributed by atoms with E-state index in [-0.39, 0.29) is 5.82 Å². The van der Waals surface area contributed by atoms with Gasteiger partial charge in [-0.25, -0.2) is 9.37 Å². The van der Waals surface area contributed by atoms with Crippen LogP contribution < -0.4 is 10.1 Å². The second-order valence-corrected chi connectivity index (χ2v) is 5.46. The lowest BCUT2D eigenvalue weighted by molar-refractivity contribution is 0.340. The molecular weight excluding hydrogens is 305 g/mol. The highest BCUT2D eigenvalue weighted by molar-refractivity contribution is 5.62. The molecule has 0 spiro atoms. The molecule has 0 amide bonds. The SMILES string of the molecule is CCOc1ccc(-c2cnc(NCc3ccc(F)cc3)n2C)cc1. The van der Waals surface area contributed by atoms with Crippen LogP contribution in [0, 0.1) is 5.82 Å². The van der Waals surface area contributed by atoms with Crippen LogP contribution in [0.15, 0.2) is 54.7 Å². The lowest BCUT2D eigenvalue weighted by Crippen LogP contribution is -2.05. The van der Waals surface area contributed by atoms with E-state index in [2.05, 4.69) is 10.3 Å². The summed E-state index contributed by atoms with van der Waals surface area (Å²) in [6.45, 7) is 3.21. The third-order valence-electron chi connectivity index (χ3n) is 3.81. The minimum atomic E-state index is -0.228. The van der Waals surface area contributed by atoms with E-state index < -0.39 is 0 Å². The minimum absolute atomic E-state index is 0.228. The fraction of sp³-hybridized carbons (Fsp3) is 0.211. The van der Waals surface area contributed by atoms with E-state index in [0.717, 1.165) is 28.5 Å². The zero-order valence-electron chi connectivity index (χ0n) is 13.8. The molecule has 0 radical (unpaired) electrons. The average molecular weight is 325 g/mol. The molecule has 0 aliphatic carbocycles. The van der Waals surface area contributed by atoms with Gasteiger partial charge in [0.25, 0.3) is 0 Å². The van der Waals surface area contributed by atoms with Crippen molar-refractivity contribution in [2.24, 2.45) is 7.05 Å². The third-order valence-corrected chi connectivity index (χ3v) is 3.81. The van der Waals surface area contributed by atoms with Gasteiger partial charge in [0.05, 0.1) is 18.5 Å². The summed E-state index contributed by atoms with van der Waals surface area (Å²) in [5.74, 6) is 1.40. The van der Waals surface area contributed by atoms with Crippen LogP contribution in [0.25, 0.3) is 11.3 Å². The number of anilines is 1. The largest absolute Gasteiger partial charge is 0.494 e. The van der Waals surface area contributed by atoms with Gasteiger partial charge in [0, 0.05) is 19.2 Å². The summed E-state index contributed by atoms with van der Waals surface area (Å²) >= 11 is 0. The summed E-state index contributed by atoms with van der Waals surface area (Å²) in [4.78, 5) is 4.43. The van der Waals surface area contributed by atoms with Crippen LogP contribution >= 0.6 is 0 Å². The van der Waals surface area contributed by atoms with Crippen molar-refractivity contribution < 1.29 is 9.13 Å². The van der Waals surface area contributed by atoms with Crippen molar-refractivity contribution >= 4 is 5.95 Å². The Morgan fingerprint density at radius 1 is 1.08 bits per heavy atom. The van der Waals surface area contributed by atoms with Crippen LogP contribution in [-0.4, -0.2) is 16.2 Å². The Hall–Kier alpha value is -2.82. The Morgan fingerprint density at radius 3 is 2.46 bits per heavy atom. The lowest BCUT2D eigenvalue weighted by Gasteiger charge is -2.09. The number of aromatic nitrogens is 2. The van der Waals surface area contributed by atoms with E-state index in [0.29, 0.717) is 13.2 Å². The molecule has 0 bridgehead atoms. The molecule has 124 valence electrons. The highest BCUT2D eigenvalue weighted by Gasteiger charge is 2.08. The van der Waals surface area contributed by atoms with Gasteiger partial charge in [-0.3, -0.25) is 0 Å². The quantitative estimate of drug-likeness (QED) is 0.737. The first-order valence-corrected chi connectivity index (χ1v) is 7.90. The smallest absolute Gasteiger partial charge is 0.203 e. The molecule has 5 heteroatoms. The van der Waals surface area contributed by atoms with Gasteiger partial charge < -0.3 is 14.6 Å². The first-order chi connectivity index (χ1) is 11.7. The van der Waals surface area contributed by atoms with Gasteiger partial charge in [0.2, 0.25) is 5.95 Å². The maximum Gasteiger partial charge on any atom is 0.203 e. The van der Waals surface area contributed by atoms with Gasteiger partial charge >= 0.3 is 0 Å². The molecule has 1 aromatic heterocycles. The number of nitrogens with one attached hydrogen (secondary N) is 1. The Balaban J connectivity index is 1.72. The number of benzene rings is 2. The Labute approximate surface area is 140 Å². The number of rotatable bonds is 6. The van der Waals surface area contributed by atoms with E-state index in [4.69, 9.17) is 4.74 Å². The fourth-order valence-electron chi connectivity index (χ4n) is 2.51. The molecule has 3 aromatic rings. The van der Waals surface area contributed by atoms with E-state index in [1.54, 1.807) is 12.1 Å². The molecule has 0 fully saturated rings. The standard InChI is InChI=1S/C19H20FN3O/c1-3-24-17-10-6-15(7-11-17)18-13-22-19(23(18)2)21-12-14-4-8-16(20)9-5-14/h4-11,13H,3,12H2,1-2H3,(H,21,22). The minimum Gasteiger partial charge on any atom is -0.494 e. The van der Waals surface area contributed by atoms with Crippen molar-refractivity contribution in [1.82, 2.24) is 9.55 Å². The van der Waals surface area contributed by atoms with Crippen LogP contribution in [0.4, 0.5) is 10.3 Å². The van der Waals surface area contributed by atoms with E-state index in [1.165, 1.54) is 12.1 Å². The molecule has 0 atom stereocenters. The van der Waals surface area contributed by atoms with Crippen LogP contribution in [-0.2, 0) is 13.6 Å². The van der Waals surface area contributed by atoms with Crippen molar-refractivity contribution in [3.63, 3.8) is 0 Å². The van der Waals surface area contributed by atoms with E-state index in [9.17, 15) is 4.39 Å². The average Bonchev–Trinajstić information content (AvgIpc) is 2.96. The Kier molecular flexibility index (Phi) is 4.79. The lowest BCUT2D eigenvalue weighted by atomic mass is 10.1. The van der Waals surface area contributed by atoms with Gasteiger partial charge in [-0.15, -0.1) is 0 Å². The highest BCUT2D eigenvalue weighted by atomic mass is 19.1. The molecule has 0 saturated carbocycles. The molecule has 0 unspecified atom stereocenters. The predicted octanol–water partition coefficient (Wildman–Crippen LogP) is 4.24. The van der Waals surface area contributed by atoms with Gasteiger partial charge in [-0.2, -0.15) is 0 Å². The summed E-state index contributed by atoms with van der Waals surface area (Å²) in [5.41, 5.74) is 3.09. The summed E-state index contributed by atoms with van der Waals surface area (Å²) in [7, 11) is 1.96. The zero-order chi connectivity index (χ0) is 16.9. The molecule has 4 nitrogen and oxygen atoms in total. The number of ether oxygens (including phenoxy) is 1. The Bertz CT molecular complexity index is 794. The third kappa shape index (κ3) is 3.56. The van der Waals surface area contributed by atoms with Gasteiger partial charge in [-0.1, -0.05) is 12.1 Å². The first kappa shape index (κ1) is 16.1. The maximum atomic E-state index is 12.9. The van der Waals surface area contributed by atoms with Crippen LogP contribution in [0.5, 0.6) is 5.75 Å². The number of imidazole rings is 1. The molecule has 3 rings (SSSR count). The molecule has 24 heavy (non-hydrogen) atoms. The normalized spacial score (nSPS) is 10.6. The monoisotopic (exact) mass is 325 g/mol. The topological polar surface area (TPSA) is 39.1 Å². The molecule has 0 aliphatic heterocycles. The molecule has 2 aromatic carbocycles. The summed E-state index contributed by atoms with van der Waals surface area (Å²) in [6, 6.07) is 14.4. The summed E-state index contributed by atoms with van der Waals surface area (Å²) in [5, 5.41) is 3.28. The zero-order valence-corrected chi connectivity index (χ0v) is 13.8. The van der Waals surface area contributed by atoms with Gasteiger partial charge in [0.15, 0.2) is 0 Å². The van der Waals surface area contributed by atoms with Gasteiger partial charge in [0.1, 0.15) is 11.6 Å². The predicted molar refractivity (Wildman–Crippen MR) is 93.5 cm³/mol. The van der Waals surface area contributed by atoms with Crippen LogP contribution in [0.2, 0.25) is 0 Å². The molecule has 1 N–H and O–H groups in total. The first-order valence-electron chi connectivity index (χ1n) is 7.90. The van der Waals surface area contributed by atoms with E-state index >= 15 is 0 Å². The Morgan fingerprint density at radius 2 is 1.79 bits per heavy atom. The number of nitrogens with zero attached hydrogens (tertiary/aromatic N) is 2. The second-order valence-electron chi connectivity index (χ2n) is 5.46. The van der Waals surface area contributed by atoms with Crippen molar-refractivity contribution in [3.05, 3.63) is 66.1 Å². The van der Waals surface area contributed by atoms with Crippen molar-refractivity contribution in [2.45, 2.75) is 13.5 Å². The van der Waals surface area contributed by atoms with Crippen molar-refractivity contribution in [3.8, 4) is 17.0 Å². The van der Waals surface area contributed by atoms with Gasteiger partial charge in [-0.05, 0) is 48.9 Å². The summed E-state index contributed by atoms with van der Waals surface area (Å²) < 4.78 is 20.4. The van der Waals surface area contributed by atoms with Crippen molar-refractivity contribution in [1.29, 1.82) is 0 Å². The van der Waals surface area contributed by atoms with Crippen LogP contribution in [0.3, 0.4) is 0 Å². The van der Waals surface area contributed by atoms with Crippen molar-refractivity contribution in [2.75, 3.05) is 11.9 Å². The number of halogens is 1. The molecule has 1 heterocycles. The summed E-state index contributed by atoms with van der Waals surface area (Å²) in [6.07, 6.45) is 1.84. The molecule has 0 aliphatic rings. The highest BCUT2D eigenvalue weighted by Crippen LogP contribution is 2.24. The molecular formula is C19H20FN3O. The second kappa shape index (κ2) is 7.17. The molecule has 0 saturated heterocycles. The fourth-order valence-corrected chi connectivity index (χ4v) is 2.51. The maximum absolute atomic E-state index is 12.9.